The maximum absolute atomic E-state index is 11.8. The van der Waals surface area contributed by atoms with Crippen LogP contribution in [-0.2, 0) is 4.79 Å². The highest BCUT2D eigenvalue weighted by Crippen LogP contribution is 2.32. The van der Waals surface area contributed by atoms with Gasteiger partial charge in [0, 0.05) is 12.1 Å². The SMILES string of the molecule is C[C@@H](O)[C@H]1CCC(=O)N1c1ccc(Cl)c(Cl)c1. The lowest BCUT2D eigenvalue weighted by Gasteiger charge is -2.27. The molecule has 0 aromatic heterocycles. The summed E-state index contributed by atoms with van der Waals surface area (Å²) < 4.78 is 0. The lowest BCUT2D eigenvalue weighted by molar-refractivity contribution is -0.117. The highest BCUT2D eigenvalue weighted by Gasteiger charge is 2.35. The van der Waals surface area contributed by atoms with Crippen LogP contribution >= 0.6 is 23.2 Å². The number of amides is 1. The predicted octanol–water partition coefficient (Wildman–Crippen LogP) is 2.87. The standard InChI is InChI=1S/C12H13Cl2NO2/c1-7(16)11-4-5-12(17)15(11)8-2-3-9(13)10(14)6-8/h2-3,6-7,11,16H,4-5H2,1H3/t7-,11-/m1/s1. The fourth-order valence-corrected chi connectivity index (χ4v) is 2.43. The smallest absolute Gasteiger partial charge is 0.227 e. The minimum absolute atomic E-state index is 0.00860. The molecule has 0 aliphatic carbocycles. The van der Waals surface area contributed by atoms with E-state index < -0.39 is 6.10 Å². The molecule has 1 saturated heterocycles. The second kappa shape index (κ2) is 4.84. The van der Waals surface area contributed by atoms with Crippen LogP contribution in [0.15, 0.2) is 18.2 Å². The fourth-order valence-electron chi connectivity index (χ4n) is 2.13. The molecule has 0 radical (unpaired) electrons. The molecule has 1 aliphatic heterocycles. The Morgan fingerprint density at radius 1 is 1.41 bits per heavy atom. The van der Waals surface area contributed by atoms with Crippen LogP contribution in [0.5, 0.6) is 0 Å². The molecule has 0 bridgehead atoms. The molecule has 17 heavy (non-hydrogen) atoms. The van der Waals surface area contributed by atoms with Crippen molar-refractivity contribution in [3.05, 3.63) is 28.2 Å². The normalized spacial score (nSPS) is 22.0. The van der Waals surface area contributed by atoms with Gasteiger partial charge in [0.15, 0.2) is 0 Å². The van der Waals surface area contributed by atoms with Crippen molar-refractivity contribution < 1.29 is 9.90 Å². The van der Waals surface area contributed by atoms with Gasteiger partial charge in [-0.1, -0.05) is 23.2 Å². The van der Waals surface area contributed by atoms with Gasteiger partial charge < -0.3 is 10.0 Å². The van der Waals surface area contributed by atoms with Crippen molar-refractivity contribution in [2.24, 2.45) is 0 Å². The Hall–Kier alpha value is -0.770. The minimum Gasteiger partial charge on any atom is -0.391 e. The molecule has 1 aliphatic rings. The number of rotatable bonds is 2. The van der Waals surface area contributed by atoms with Crippen molar-refractivity contribution in [2.75, 3.05) is 4.90 Å². The number of nitrogens with zero attached hydrogens (tertiary/aromatic N) is 1. The summed E-state index contributed by atoms with van der Waals surface area (Å²) in [6, 6.07) is 4.87. The summed E-state index contributed by atoms with van der Waals surface area (Å²) in [5, 5.41) is 10.5. The summed E-state index contributed by atoms with van der Waals surface area (Å²) in [5.74, 6) is 0.00860. The Labute approximate surface area is 110 Å². The first-order valence-corrected chi connectivity index (χ1v) is 6.21. The van der Waals surface area contributed by atoms with E-state index in [1.54, 1.807) is 30.0 Å². The molecule has 2 rings (SSSR count). The molecule has 0 saturated carbocycles. The van der Waals surface area contributed by atoms with E-state index in [9.17, 15) is 9.90 Å². The van der Waals surface area contributed by atoms with Crippen LogP contribution in [0.25, 0.3) is 0 Å². The lowest BCUT2D eigenvalue weighted by atomic mass is 10.1. The quantitative estimate of drug-likeness (QED) is 0.900. The molecule has 0 spiro atoms. The molecule has 0 unspecified atom stereocenters. The Morgan fingerprint density at radius 2 is 2.12 bits per heavy atom. The van der Waals surface area contributed by atoms with E-state index >= 15 is 0 Å². The van der Waals surface area contributed by atoms with E-state index in [0.29, 0.717) is 28.6 Å². The van der Waals surface area contributed by atoms with Gasteiger partial charge in [-0.3, -0.25) is 4.79 Å². The molecule has 1 aromatic carbocycles. The molecule has 1 heterocycles. The number of carbonyl (C=O) groups is 1. The summed E-state index contributed by atoms with van der Waals surface area (Å²) in [4.78, 5) is 13.4. The van der Waals surface area contributed by atoms with Crippen molar-refractivity contribution in [2.45, 2.75) is 31.9 Å². The number of carbonyl (C=O) groups excluding carboxylic acids is 1. The van der Waals surface area contributed by atoms with Crippen LogP contribution in [0.4, 0.5) is 5.69 Å². The van der Waals surface area contributed by atoms with Crippen molar-refractivity contribution >= 4 is 34.8 Å². The second-order valence-electron chi connectivity index (χ2n) is 4.21. The summed E-state index contributed by atoms with van der Waals surface area (Å²) >= 11 is 11.8. The summed E-state index contributed by atoms with van der Waals surface area (Å²) in [5.41, 5.74) is 0.688. The van der Waals surface area contributed by atoms with Crippen LogP contribution in [-0.4, -0.2) is 23.2 Å². The number of aliphatic hydroxyl groups is 1. The fraction of sp³-hybridized carbons (Fsp3) is 0.417. The Balaban J connectivity index is 2.36. The summed E-state index contributed by atoms with van der Waals surface area (Å²) in [6.07, 6.45) is 0.558. The first kappa shape index (κ1) is 12.7. The predicted molar refractivity (Wildman–Crippen MR) is 68.7 cm³/mol. The number of aliphatic hydroxyl groups excluding tert-OH is 1. The third-order valence-electron chi connectivity index (χ3n) is 2.99. The first-order valence-electron chi connectivity index (χ1n) is 5.46. The van der Waals surface area contributed by atoms with Crippen LogP contribution in [0.3, 0.4) is 0 Å². The number of hydrogen-bond acceptors (Lipinski definition) is 2. The Bertz CT molecular complexity index is 448. The zero-order valence-electron chi connectivity index (χ0n) is 9.36. The molecular formula is C12H13Cl2NO2. The van der Waals surface area contributed by atoms with E-state index in [2.05, 4.69) is 0 Å². The van der Waals surface area contributed by atoms with Crippen molar-refractivity contribution in [1.82, 2.24) is 0 Å². The largest absolute Gasteiger partial charge is 0.391 e. The maximum Gasteiger partial charge on any atom is 0.227 e. The van der Waals surface area contributed by atoms with E-state index in [1.165, 1.54) is 0 Å². The number of anilines is 1. The molecule has 1 N–H and O–H groups in total. The second-order valence-corrected chi connectivity index (χ2v) is 5.02. The summed E-state index contributed by atoms with van der Waals surface area (Å²) in [7, 11) is 0. The zero-order valence-corrected chi connectivity index (χ0v) is 10.9. The van der Waals surface area contributed by atoms with E-state index in [4.69, 9.17) is 23.2 Å². The average molecular weight is 274 g/mol. The summed E-state index contributed by atoms with van der Waals surface area (Å²) in [6.45, 7) is 1.69. The molecular weight excluding hydrogens is 261 g/mol. The van der Waals surface area contributed by atoms with E-state index in [-0.39, 0.29) is 11.9 Å². The first-order chi connectivity index (χ1) is 8.00. The topological polar surface area (TPSA) is 40.5 Å². The lowest BCUT2D eigenvalue weighted by Crippen LogP contribution is -2.39. The van der Waals surface area contributed by atoms with Crippen molar-refractivity contribution in [3.63, 3.8) is 0 Å². The van der Waals surface area contributed by atoms with Crippen LogP contribution in [0.1, 0.15) is 19.8 Å². The van der Waals surface area contributed by atoms with Crippen molar-refractivity contribution in [1.29, 1.82) is 0 Å². The third-order valence-corrected chi connectivity index (χ3v) is 3.73. The molecule has 1 fully saturated rings. The number of benzene rings is 1. The van der Waals surface area contributed by atoms with Gasteiger partial charge in [0.2, 0.25) is 5.91 Å². The molecule has 5 heteroatoms. The van der Waals surface area contributed by atoms with Crippen molar-refractivity contribution in [3.8, 4) is 0 Å². The monoisotopic (exact) mass is 273 g/mol. The number of halogens is 2. The van der Waals surface area contributed by atoms with Gasteiger partial charge in [0.25, 0.3) is 0 Å². The van der Waals surface area contributed by atoms with Gasteiger partial charge in [0.1, 0.15) is 0 Å². The van der Waals surface area contributed by atoms with Gasteiger partial charge in [-0.25, -0.2) is 0 Å². The van der Waals surface area contributed by atoms with Gasteiger partial charge >= 0.3 is 0 Å². The van der Waals surface area contributed by atoms with E-state index in [1.807, 2.05) is 0 Å². The number of hydrogen-bond donors (Lipinski definition) is 1. The zero-order chi connectivity index (χ0) is 12.6. The maximum atomic E-state index is 11.8. The molecule has 3 nitrogen and oxygen atoms in total. The average Bonchev–Trinajstić information content (AvgIpc) is 2.64. The van der Waals surface area contributed by atoms with Gasteiger partial charge in [-0.2, -0.15) is 0 Å². The van der Waals surface area contributed by atoms with Gasteiger partial charge in [-0.05, 0) is 31.5 Å². The molecule has 92 valence electrons. The van der Waals surface area contributed by atoms with Gasteiger partial charge in [-0.15, -0.1) is 0 Å². The van der Waals surface area contributed by atoms with Crippen LogP contribution in [0, 0.1) is 0 Å². The van der Waals surface area contributed by atoms with E-state index in [0.717, 1.165) is 0 Å². The van der Waals surface area contributed by atoms with Crippen LogP contribution < -0.4 is 4.90 Å². The van der Waals surface area contributed by atoms with Crippen LogP contribution in [0.2, 0.25) is 10.0 Å². The highest BCUT2D eigenvalue weighted by molar-refractivity contribution is 6.42. The molecule has 2 atom stereocenters. The third kappa shape index (κ3) is 2.41. The molecule has 1 amide bonds. The minimum atomic E-state index is -0.559. The van der Waals surface area contributed by atoms with Gasteiger partial charge in [0.05, 0.1) is 22.2 Å². The highest BCUT2D eigenvalue weighted by atomic mass is 35.5. The Kier molecular flexibility index (Phi) is 3.61. The molecule has 1 aromatic rings. The Morgan fingerprint density at radius 3 is 2.71 bits per heavy atom.